The van der Waals surface area contributed by atoms with Gasteiger partial charge in [0.15, 0.2) is 0 Å². The maximum Gasteiger partial charge on any atom is 0.314 e. The molecule has 3 heteroatoms. The van der Waals surface area contributed by atoms with Crippen LogP contribution in [-0.2, 0) is 0 Å². The van der Waals surface area contributed by atoms with Gasteiger partial charge in [0.2, 0.25) is 0 Å². The molecule has 0 aromatic heterocycles. The van der Waals surface area contributed by atoms with Crippen LogP contribution < -0.4 is 10.6 Å². The largest absolute Gasteiger partial charge is 0.341 e. The molecule has 1 aromatic carbocycles. The monoisotopic (exact) mass is 246 g/mol. The standard InChI is InChI=1S/C15H22N2O/c1-11-5-3-4-6-14(11)12-7-9-13(10-8-12)17-15(18)16-2/h3-6,12-13H,7-10H2,1-2H3,(H2,16,17,18). The molecule has 0 unspecified atom stereocenters. The SMILES string of the molecule is CNC(=O)NC1CCC(c2ccccc2C)CC1. The summed E-state index contributed by atoms with van der Waals surface area (Å²) in [4.78, 5) is 11.3. The Labute approximate surface area is 109 Å². The number of carbonyl (C=O) groups is 1. The van der Waals surface area contributed by atoms with Crippen molar-refractivity contribution < 1.29 is 4.79 Å². The molecule has 1 aromatic rings. The van der Waals surface area contributed by atoms with Crippen molar-refractivity contribution in [2.75, 3.05) is 7.05 Å². The fourth-order valence-electron chi connectivity index (χ4n) is 2.85. The van der Waals surface area contributed by atoms with Gasteiger partial charge in [-0.1, -0.05) is 24.3 Å². The normalized spacial score (nSPS) is 23.4. The fraction of sp³-hybridized carbons (Fsp3) is 0.533. The van der Waals surface area contributed by atoms with Gasteiger partial charge in [0.1, 0.15) is 0 Å². The van der Waals surface area contributed by atoms with Crippen molar-refractivity contribution in [2.24, 2.45) is 0 Å². The number of benzene rings is 1. The molecule has 0 aliphatic heterocycles. The molecule has 1 aliphatic carbocycles. The molecule has 0 saturated heterocycles. The minimum absolute atomic E-state index is 0.0608. The highest BCUT2D eigenvalue weighted by molar-refractivity contribution is 5.73. The van der Waals surface area contributed by atoms with E-state index in [4.69, 9.17) is 0 Å². The summed E-state index contributed by atoms with van der Waals surface area (Å²) in [7, 11) is 1.66. The van der Waals surface area contributed by atoms with E-state index >= 15 is 0 Å². The van der Waals surface area contributed by atoms with Gasteiger partial charge >= 0.3 is 6.03 Å². The van der Waals surface area contributed by atoms with Gasteiger partial charge in [0, 0.05) is 13.1 Å². The lowest BCUT2D eigenvalue weighted by molar-refractivity contribution is 0.233. The first-order chi connectivity index (χ1) is 8.70. The van der Waals surface area contributed by atoms with Crippen molar-refractivity contribution in [1.82, 2.24) is 10.6 Å². The molecular formula is C15H22N2O. The Bertz CT molecular complexity index is 409. The predicted octanol–water partition coefficient (Wildman–Crippen LogP) is 2.95. The number of hydrogen-bond acceptors (Lipinski definition) is 1. The molecule has 1 saturated carbocycles. The van der Waals surface area contributed by atoms with Gasteiger partial charge in [-0.15, -0.1) is 0 Å². The third kappa shape index (κ3) is 3.03. The van der Waals surface area contributed by atoms with E-state index < -0.39 is 0 Å². The molecule has 2 amide bonds. The van der Waals surface area contributed by atoms with E-state index in [1.807, 2.05) is 0 Å². The van der Waals surface area contributed by atoms with Crippen molar-refractivity contribution in [1.29, 1.82) is 0 Å². The van der Waals surface area contributed by atoms with Crippen LogP contribution in [0.5, 0.6) is 0 Å². The van der Waals surface area contributed by atoms with Crippen molar-refractivity contribution >= 4 is 6.03 Å². The first-order valence-electron chi connectivity index (χ1n) is 6.74. The van der Waals surface area contributed by atoms with E-state index in [1.54, 1.807) is 7.05 Å². The van der Waals surface area contributed by atoms with Gasteiger partial charge < -0.3 is 10.6 Å². The van der Waals surface area contributed by atoms with Crippen LogP contribution in [0.1, 0.15) is 42.7 Å². The average molecular weight is 246 g/mol. The first-order valence-corrected chi connectivity index (χ1v) is 6.74. The van der Waals surface area contributed by atoms with Crippen LogP contribution in [-0.4, -0.2) is 19.1 Å². The first kappa shape index (κ1) is 12.9. The number of nitrogens with one attached hydrogen (secondary N) is 2. The summed E-state index contributed by atoms with van der Waals surface area (Å²) in [6.45, 7) is 2.18. The molecule has 18 heavy (non-hydrogen) atoms. The Hall–Kier alpha value is -1.51. The lowest BCUT2D eigenvalue weighted by atomic mass is 9.80. The Morgan fingerprint density at radius 3 is 2.44 bits per heavy atom. The van der Waals surface area contributed by atoms with Crippen molar-refractivity contribution in [2.45, 2.75) is 44.6 Å². The van der Waals surface area contributed by atoms with E-state index in [0.29, 0.717) is 12.0 Å². The molecule has 0 atom stereocenters. The van der Waals surface area contributed by atoms with E-state index in [2.05, 4.69) is 41.8 Å². The third-order valence-electron chi connectivity index (χ3n) is 3.92. The minimum atomic E-state index is -0.0608. The minimum Gasteiger partial charge on any atom is -0.341 e. The topological polar surface area (TPSA) is 41.1 Å². The summed E-state index contributed by atoms with van der Waals surface area (Å²) in [6, 6.07) is 8.92. The summed E-state index contributed by atoms with van der Waals surface area (Å²) in [5.41, 5.74) is 2.87. The Morgan fingerprint density at radius 2 is 1.83 bits per heavy atom. The van der Waals surface area contributed by atoms with E-state index in [0.717, 1.165) is 12.8 Å². The quantitative estimate of drug-likeness (QED) is 0.827. The molecule has 2 N–H and O–H groups in total. The summed E-state index contributed by atoms with van der Waals surface area (Å²) in [5.74, 6) is 0.661. The van der Waals surface area contributed by atoms with Crippen molar-refractivity contribution in [3.63, 3.8) is 0 Å². The molecule has 0 radical (unpaired) electrons. The van der Waals surface area contributed by atoms with Gasteiger partial charge in [-0.05, 0) is 49.7 Å². The highest BCUT2D eigenvalue weighted by Crippen LogP contribution is 2.34. The molecule has 3 nitrogen and oxygen atoms in total. The van der Waals surface area contributed by atoms with Gasteiger partial charge in [0.25, 0.3) is 0 Å². The van der Waals surface area contributed by atoms with E-state index in [-0.39, 0.29) is 6.03 Å². The van der Waals surface area contributed by atoms with E-state index in [1.165, 1.54) is 24.0 Å². The molecule has 0 bridgehead atoms. The zero-order valence-corrected chi connectivity index (χ0v) is 11.2. The summed E-state index contributed by atoms with van der Waals surface area (Å²) < 4.78 is 0. The van der Waals surface area contributed by atoms with Crippen molar-refractivity contribution in [3.8, 4) is 0 Å². The molecule has 2 rings (SSSR count). The second kappa shape index (κ2) is 5.89. The Morgan fingerprint density at radius 1 is 1.17 bits per heavy atom. The number of aryl methyl sites for hydroxylation is 1. The summed E-state index contributed by atoms with van der Waals surface area (Å²) in [5, 5.41) is 5.62. The van der Waals surface area contributed by atoms with Crippen LogP contribution >= 0.6 is 0 Å². The van der Waals surface area contributed by atoms with Crippen molar-refractivity contribution in [3.05, 3.63) is 35.4 Å². The average Bonchev–Trinajstić information content (AvgIpc) is 2.40. The number of urea groups is 1. The number of rotatable bonds is 2. The fourth-order valence-corrected chi connectivity index (χ4v) is 2.85. The van der Waals surface area contributed by atoms with Gasteiger partial charge in [0.05, 0.1) is 0 Å². The molecule has 1 fully saturated rings. The molecule has 1 aliphatic rings. The second-order valence-electron chi connectivity index (χ2n) is 5.13. The van der Waals surface area contributed by atoms with Crippen LogP contribution in [0.2, 0.25) is 0 Å². The van der Waals surface area contributed by atoms with E-state index in [9.17, 15) is 4.79 Å². The molecule has 0 spiro atoms. The highest BCUT2D eigenvalue weighted by atomic mass is 16.2. The summed E-state index contributed by atoms with van der Waals surface area (Å²) >= 11 is 0. The number of carbonyl (C=O) groups excluding carboxylic acids is 1. The Kier molecular flexibility index (Phi) is 4.24. The second-order valence-corrected chi connectivity index (χ2v) is 5.13. The van der Waals surface area contributed by atoms with Crippen LogP contribution in [0.25, 0.3) is 0 Å². The van der Waals surface area contributed by atoms with Gasteiger partial charge in [-0.25, -0.2) is 4.79 Å². The molecule has 0 heterocycles. The maximum absolute atomic E-state index is 11.3. The maximum atomic E-state index is 11.3. The zero-order chi connectivity index (χ0) is 13.0. The van der Waals surface area contributed by atoms with Crippen LogP contribution in [0.3, 0.4) is 0 Å². The number of hydrogen-bond donors (Lipinski definition) is 2. The zero-order valence-electron chi connectivity index (χ0n) is 11.2. The Balaban J connectivity index is 1.91. The van der Waals surface area contributed by atoms with Crippen LogP contribution in [0.15, 0.2) is 24.3 Å². The van der Waals surface area contributed by atoms with Crippen LogP contribution in [0.4, 0.5) is 4.79 Å². The van der Waals surface area contributed by atoms with Crippen LogP contribution in [0, 0.1) is 6.92 Å². The molecule has 98 valence electrons. The predicted molar refractivity (Wildman–Crippen MR) is 73.8 cm³/mol. The lowest BCUT2D eigenvalue weighted by Crippen LogP contribution is -2.42. The van der Waals surface area contributed by atoms with Gasteiger partial charge in [-0.3, -0.25) is 0 Å². The smallest absolute Gasteiger partial charge is 0.314 e. The highest BCUT2D eigenvalue weighted by Gasteiger charge is 2.23. The van der Waals surface area contributed by atoms with Gasteiger partial charge in [-0.2, -0.15) is 0 Å². The number of amides is 2. The third-order valence-corrected chi connectivity index (χ3v) is 3.92. The summed E-state index contributed by atoms with van der Waals surface area (Å²) in [6.07, 6.45) is 4.48. The lowest BCUT2D eigenvalue weighted by Gasteiger charge is -2.30. The molecular weight excluding hydrogens is 224 g/mol.